The summed E-state index contributed by atoms with van der Waals surface area (Å²) in [5.41, 5.74) is 14.7. The van der Waals surface area contributed by atoms with E-state index < -0.39 is 36.0 Å². The molecule has 1 unspecified atom stereocenters. The third kappa shape index (κ3) is 9.80. The van der Waals surface area contributed by atoms with E-state index in [2.05, 4.69) is 5.32 Å². The van der Waals surface area contributed by atoms with Gasteiger partial charge in [-0.2, -0.15) is 0 Å². The summed E-state index contributed by atoms with van der Waals surface area (Å²) in [6.45, 7) is 0.254. The Morgan fingerprint density at radius 3 is 1.61 bits per heavy atom. The lowest BCUT2D eigenvalue weighted by molar-refractivity contribution is -0.149. The van der Waals surface area contributed by atoms with Gasteiger partial charge in [-0.3, -0.25) is 9.59 Å². The quantitative estimate of drug-likeness (QED) is 0.280. The average Bonchev–Trinajstić information content (AvgIpc) is 2.95. The first-order valence-electron chi connectivity index (χ1n) is 12.7. The molecule has 0 bridgehead atoms. The second-order valence-electron chi connectivity index (χ2n) is 9.08. The highest BCUT2D eigenvalue weighted by Crippen LogP contribution is 2.10. The summed E-state index contributed by atoms with van der Waals surface area (Å²) in [5, 5.41) is 2.74. The summed E-state index contributed by atoms with van der Waals surface area (Å²) in [7, 11) is 0. The fourth-order valence-corrected chi connectivity index (χ4v) is 3.79. The predicted molar refractivity (Wildman–Crippen MR) is 144 cm³/mol. The Balaban J connectivity index is 1.47. The van der Waals surface area contributed by atoms with Crippen LogP contribution in [0.3, 0.4) is 0 Å². The highest BCUT2D eigenvalue weighted by atomic mass is 16.5. The molecule has 200 valence electrons. The minimum atomic E-state index is -0.894. The van der Waals surface area contributed by atoms with E-state index in [1.54, 1.807) is 0 Å². The van der Waals surface area contributed by atoms with Gasteiger partial charge in [0.15, 0.2) is 0 Å². The zero-order chi connectivity index (χ0) is 27.2. The molecule has 3 rings (SSSR count). The molecule has 0 radical (unpaired) electrons. The van der Waals surface area contributed by atoms with Gasteiger partial charge in [0.25, 0.3) is 0 Å². The molecule has 0 saturated heterocycles. The van der Waals surface area contributed by atoms with E-state index in [1.807, 2.05) is 91.0 Å². The lowest BCUT2D eigenvalue weighted by atomic mass is 10.0. The molecular formula is C30H35N3O5. The second-order valence-corrected chi connectivity index (χ2v) is 9.08. The highest BCUT2D eigenvalue weighted by Gasteiger charge is 2.26. The van der Waals surface area contributed by atoms with Gasteiger partial charge >= 0.3 is 11.9 Å². The molecule has 3 aromatic rings. The Hall–Kier alpha value is -4.01. The third-order valence-corrected chi connectivity index (χ3v) is 6.00. The average molecular weight is 518 g/mol. The smallest absolute Gasteiger partial charge is 0.329 e. The van der Waals surface area contributed by atoms with Crippen LogP contribution in [0, 0.1) is 0 Å². The zero-order valence-electron chi connectivity index (χ0n) is 21.3. The molecule has 0 aliphatic carbocycles. The first kappa shape index (κ1) is 28.6. The van der Waals surface area contributed by atoms with Gasteiger partial charge in [-0.05, 0) is 36.0 Å². The first-order valence-corrected chi connectivity index (χ1v) is 12.7. The van der Waals surface area contributed by atoms with Crippen LogP contribution in [0.25, 0.3) is 0 Å². The van der Waals surface area contributed by atoms with Gasteiger partial charge in [0.1, 0.15) is 25.3 Å². The number of nitrogens with two attached hydrogens (primary N) is 2. The lowest BCUT2D eigenvalue weighted by Gasteiger charge is -2.20. The summed E-state index contributed by atoms with van der Waals surface area (Å²) < 4.78 is 10.7. The Morgan fingerprint density at radius 1 is 0.632 bits per heavy atom. The van der Waals surface area contributed by atoms with Crippen molar-refractivity contribution in [2.45, 2.75) is 57.0 Å². The minimum absolute atomic E-state index is 0.102. The lowest BCUT2D eigenvalue weighted by Crippen LogP contribution is -2.49. The normalized spacial score (nSPS) is 13.1. The van der Waals surface area contributed by atoms with Crippen molar-refractivity contribution in [2.24, 2.45) is 11.5 Å². The summed E-state index contributed by atoms with van der Waals surface area (Å²) in [5.74, 6) is -1.51. The second kappa shape index (κ2) is 15.3. The first-order chi connectivity index (χ1) is 18.4. The van der Waals surface area contributed by atoms with E-state index in [0.29, 0.717) is 19.3 Å². The highest BCUT2D eigenvalue weighted by molar-refractivity contribution is 5.87. The van der Waals surface area contributed by atoms with Gasteiger partial charge in [0.05, 0.1) is 6.04 Å². The number of carbonyl (C=O) groups is 3. The minimum Gasteiger partial charge on any atom is -0.460 e. The van der Waals surface area contributed by atoms with Gasteiger partial charge in [-0.25, -0.2) is 4.79 Å². The molecule has 0 fully saturated rings. The molecule has 8 heteroatoms. The largest absolute Gasteiger partial charge is 0.460 e. The van der Waals surface area contributed by atoms with Crippen LogP contribution >= 0.6 is 0 Å². The number of hydrogen-bond donors (Lipinski definition) is 3. The summed E-state index contributed by atoms with van der Waals surface area (Å²) in [4.78, 5) is 37.9. The molecule has 38 heavy (non-hydrogen) atoms. The van der Waals surface area contributed by atoms with E-state index in [-0.39, 0.29) is 19.6 Å². The fourth-order valence-electron chi connectivity index (χ4n) is 3.79. The van der Waals surface area contributed by atoms with Gasteiger partial charge in [-0.1, -0.05) is 91.0 Å². The molecule has 0 aliphatic rings. The van der Waals surface area contributed by atoms with Crippen LogP contribution in [0.4, 0.5) is 0 Å². The molecule has 0 heterocycles. The Bertz CT molecular complexity index is 1140. The fraction of sp³-hybridized carbons (Fsp3) is 0.300. The molecule has 3 atom stereocenters. The SMILES string of the molecule is NC(CCC[C@H](N)C(=O)N[C@@H](Cc1ccccc1)C(=O)OCc1ccccc1)C(=O)OCc1ccccc1. The van der Waals surface area contributed by atoms with Crippen LogP contribution in [0.1, 0.15) is 36.0 Å². The van der Waals surface area contributed by atoms with Crippen LogP contribution in [0.15, 0.2) is 91.0 Å². The van der Waals surface area contributed by atoms with Crippen molar-refractivity contribution < 1.29 is 23.9 Å². The van der Waals surface area contributed by atoms with Gasteiger partial charge in [0.2, 0.25) is 5.91 Å². The van der Waals surface area contributed by atoms with E-state index in [1.165, 1.54) is 0 Å². The molecule has 1 amide bonds. The maximum absolute atomic E-state index is 12.9. The van der Waals surface area contributed by atoms with Gasteiger partial charge in [-0.15, -0.1) is 0 Å². The summed E-state index contributed by atoms with van der Waals surface area (Å²) in [6.07, 6.45) is 1.33. The summed E-state index contributed by atoms with van der Waals surface area (Å²) in [6, 6.07) is 25.4. The van der Waals surface area contributed by atoms with E-state index in [9.17, 15) is 14.4 Å². The number of amides is 1. The van der Waals surface area contributed by atoms with Crippen molar-refractivity contribution in [1.29, 1.82) is 0 Å². The number of benzene rings is 3. The molecule has 0 aliphatic heterocycles. The van der Waals surface area contributed by atoms with Crippen molar-refractivity contribution >= 4 is 17.8 Å². The monoisotopic (exact) mass is 517 g/mol. The standard InChI is InChI=1S/C30H35N3O5/c31-25(17-10-18-26(32)29(35)37-20-23-13-6-2-7-14-23)28(34)33-27(19-22-11-4-1-5-12-22)30(36)38-21-24-15-8-3-9-16-24/h1-9,11-16,25-27H,10,17-21,31-32H2,(H,33,34)/t25-,26?,27-/m0/s1. The van der Waals surface area contributed by atoms with Crippen molar-refractivity contribution in [3.63, 3.8) is 0 Å². The third-order valence-electron chi connectivity index (χ3n) is 6.00. The van der Waals surface area contributed by atoms with E-state index >= 15 is 0 Å². The molecule has 3 aromatic carbocycles. The van der Waals surface area contributed by atoms with Crippen molar-refractivity contribution in [2.75, 3.05) is 0 Å². The van der Waals surface area contributed by atoms with Crippen molar-refractivity contribution in [3.05, 3.63) is 108 Å². The Labute approximate surface area is 223 Å². The number of nitrogens with one attached hydrogen (secondary N) is 1. The molecule has 0 saturated carbocycles. The number of carbonyl (C=O) groups excluding carboxylic acids is 3. The molecule has 8 nitrogen and oxygen atoms in total. The zero-order valence-corrected chi connectivity index (χ0v) is 21.3. The number of ether oxygens (including phenoxy) is 2. The van der Waals surface area contributed by atoms with Crippen LogP contribution < -0.4 is 16.8 Å². The van der Waals surface area contributed by atoms with Crippen LogP contribution in [-0.2, 0) is 43.5 Å². The molecule has 5 N–H and O–H groups in total. The van der Waals surface area contributed by atoms with E-state index in [0.717, 1.165) is 16.7 Å². The topological polar surface area (TPSA) is 134 Å². The van der Waals surface area contributed by atoms with Crippen LogP contribution in [0.2, 0.25) is 0 Å². The maximum atomic E-state index is 12.9. The van der Waals surface area contributed by atoms with E-state index in [4.69, 9.17) is 20.9 Å². The van der Waals surface area contributed by atoms with Crippen molar-refractivity contribution in [3.8, 4) is 0 Å². The predicted octanol–water partition coefficient (Wildman–Crippen LogP) is 3.03. The van der Waals surface area contributed by atoms with Crippen LogP contribution in [-0.4, -0.2) is 36.0 Å². The molecule has 0 spiro atoms. The Morgan fingerprint density at radius 2 is 1.08 bits per heavy atom. The number of hydrogen-bond acceptors (Lipinski definition) is 7. The molecular weight excluding hydrogens is 482 g/mol. The van der Waals surface area contributed by atoms with Gasteiger partial charge < -0.3 is 26.3 Å². The number of rotatable bonds is 14. The molecule has 0 aromatic heterocycles. The van der Waals surface area contributed by atoms with Crippen LogP contribution in [0.5, 0.6) is 0 Å². The van der Waals surface area contributed by atoms with Gasteiger partial charge in [0, 0.05) is 6.42 Å². The summed E-state index contributed by atoms with van der Waals surface area (Å²) >= 11 is 0. The Kier molecular flexibility index (Phi) is 11.5. The number of esters is 2. The van der Waals surface area contributed by atoms with Crippen molar-refractivity contribution in [1.82, 2.24) is 5.32 Å². The maximum Gasteiger partial charge on any atom is 0.329 e.